The van der Waals surface area contributed by atoms with Crippen LogP contribution in [0, 0.1) is 0 Å². The monoisotopic (exact) mass is 325 g/mol. The highest BCUT2D eigenvalue weighted by molar-refractivity contribution is 5.84. The molecule has 0 atom stereocenters. The van der Waals surface area contributed by atoms with Gasteiger partial charge in [-0.05, 0) is 36.4 Å². The van der Waals surface area contributed by atoms with E-state index in [2.05, 4.69) is 20.2 Å². The fraction of sp³-hybridized carbons (Fsp3) is 0.118. The molecule has 1 aromatic heterocycles. The van der Waals surface area contributed by atoms with Gasteiger partial charge in [-0.25, -0.2) is 4.79 Å². The molecule has 1 N–H and O–H groups in total. The van der Waals surface area contributed by atoms with Crippen molar-refractivity contribution in [3.8, 4) is 17.2 Å². The molecule has 1 heterocycles. The number of carbonyl (C=O) groups excluding carboxylic acids is 1. The Balaban J connectivity index is 1.58. The summed E-state index contributed by atoms with van der Waals surface area (Å²) in [5.74, 6) is 1.52. The molecule has 1 amide bonds. The molecule has 7 nitrogen and oxygen atoms in total. The van der Waals surface area contributed by atoms with E-state index in [-0.39, 0.29) is 6.61 Å². The van der Waals surface area contributed by atoms with Gasteiger partial charge in [0.2, 0.25) is 5.82 Å². The number of methoxy groups -OCH3 is 1. The summed E-state index contributed by atoms with van der Waals surface area (Å²) in [5.41, 5.74) is 1.47. The Morgan fingerprint density at radius 2 is 1.88 bits per heavy atom. The van der Waals surface area contributed by atoms with Gasteiger partial charge in [0.25, 0.3) is 5.89 Å². The summed E-state index contributed by atoms with van der Waals surface area (Å²) in [6.45, 7) is 0.181. The molecular formula is C17H15N3O4. The number of rotatable bonds is 5. The van der Waals surface area contributed by atoms with Crippen LogP contribution in [0.15, 0.2) is 59.1 Å². The van der Waals surface area contributed by atoms with Crippen LogP contribution in [0.4, 0.5) is 10.5 Å². The molecule has 0 saturated heterocycles. The van der Waals surface area contributed by atoms with E-state index in [0.717, 1.165) is 5.56 Å². The van der Waals surface area contributed by atoms with Gasteiger partial charge in [-0.3, -0.25) is 5.32 Å². The van der Waals surface area contributed by atoms with Crippen LogP contribution < -0.4 is 10.1 Å². The van der Waals surface area contributed by atoms with Gasteiger partial charge in [0.05, 0.1) is 7.11 Å². The summed E-state index contributed by atoms with van der Waals surface area (Å²) >= 11 is 0. The van der Waals surface area contributed by atoms with Crippen molar-refractivity contribution in [1.29, 1.82) is 0 Å². The lowest BCUT2D eigenvalue weighted by atomic mass is 10.2. The molecule has 0 saturated carbocycles. The van der Waals surface area contributed by atoms with Crippen LogP contribution >= 0.6 is 0 Å². The smallest absolute Gasteiger partial charge is 0.411 e. The minimum atomic E-state index is -0.524. The van der Waals surface area contributed by atoms with E-state index in [1.165, 1.54) is 7.11 Å². The summed E-state index contributed by atoms with van der Waals surface area (Å²) in [6, 6.07) is 16.4. The molecule has 0 bridgehead atoms. The summed E-state index contributed by atoms with van der Waals surface area (Å²) in [4.78, 5) is 15.4. The van der Waals surface area contributed by atoms with Crippen LogP contribution in [0.25, 0.3) is 11.5 Å². The van der Waals surface area contributed by atoms with Gasteiger partial charge in [0, 0.05) is 11.3 Å². The maximum Gasteiger partial charge on any atom is 0.411 e. The fourth-order valence-electron chi connectivity index (χ4n) is 1.96. The maximum atomic E-state index is 11.1. The summed E-state index contributed by atoms with van der Waals surface area (Å²) < 4.78 is 15.3. The van der Waals surface area contributed by atoms with E-state index in [0.29, 0.717) is 23.2 Å². The first kappa shape index (κ1) is 15.5. The first-order chi connectivity index (χ1) is 11.7. The predicted octanol–water partition coefficient (Wildman–Crippen LogP) is 3.49. The maximum absolute atomic E-state index is 11.1. The van der Waals surface area contributed by atoms with Crippen molar-refractivity contribution >= 4 is 11.8 Å². The van der Waals surface area contributed by atoms with E-state index >= 15 is 0 Å². The number of amides is 1. The zero-order valence-electron chi connectivity index (χ0n) is 12.9. The second-order valence-electron chi connectivity index (χ2n) is 4.81. The van der Waals surface area contributed by atoms with Gasteiger partial charge < -0.3 is 14.0 Å². The number of hydrogen-bond donors (Lipinski definition) is 1. The largest absolute Gasteiger partial charge is 0.485 e. The van der Waals surface area contributed by atoms with Gasteiger partial charge in [-0.1, -0.05) is 23.4 Å². The Morgan fingerprint density at radius 1 is 1.12 bits per heavy atom. The molecule has 0 unspecified atom stereocenters. The number of ether oxygens (including phenoxy) is 2. The molecule has 0 radical (unpaired) electrons. The van der Waals surface area contributed by atoms with E-state index < -0.39 is 6.09 Å². The molecule has 0 aliphatic heterocycles. The highest BCUT2D eigenvalue weighted by Gasteiger charge is 2.09. The highest BCUT2D eigenvalue weighted by atomic mass is 16.5. The van der Waals surface area contributed by atoms with Crippen molar-refractivity contribution in [3.05, 3.63) is 60.4 Å². The van der Waals surface area contributed by atoms with Crippen LogP contribution in [0.3, 0.4) is 0 Å². The number of nitrogens with one attached hydrogen (secondary N) is 1. The van der Waals surface area contributed by atoms with Gasteiger partial charge in [-0.15, -0.1) is 0 Å². The number of anilines is 1. The Bertz CT molecular complexity index is 800. The first-order valence-corrected chi connectivity index (χ1v) is 7.20. The average Bonchev–Trinajstić information content (AvgIpc) is 3.11. The Kier molecular flexibility index (Phi) is 4.71. The number of hydrogen-bond acceptors (Lipinski definition) is 6. The minimum Gasteiger partial charge on any atom is -0.485 e. The first-order valence-electron chi connectivity index (χ1n) is 7.20. The zero-order chi connectivity index (χ0) is 16.8. The van der Waals surface area contributed by atoms with Crippen molar-refractivity contribution in [1.82, 2.24) is 10.1 Å². The molecule has 0 aliphatic carbocycles. The standard InChI is InChI=1S/C17H15N3O4/c1-22-17(21)18-13-7-9-14(10-8-13)23-11-15-19-16(24-20-15)12-5-3-2-4-6-12/h2-10H,11H2,1H3,(H,18,21). The van der Waals surface area contributed by atoms with E-state index in [1.54, 1.807) is 24.3 Å². The van der Waals surface area contributed by atoms with Gasteiger partial charge in [-0.2, -0.15) is 4.98 Å². The molecule has 2 aromatic carbocycles. The SMILES string of the molecule is COC(=O)Nc1ccc(OCc2noc(-c3ccccc3)n2)cc1. The molecule has 3 rings (SSSR count). The lowest BCUT2D eigenvalue weighted by Gasteiger charge is -2.06. The van der Waals surface area contributed by atoms with E-state index in [9.17, 15) is 4.79 Å². The minimum absolute atomic E-state index is 0.181. The van der Waals surface area contributed by atoms with Crippen molar-refractivity contribution in [2.24, 2.45) is 0 Å². The van der Waals surface area contributed by atoms with Crippen molar-refractivity contribution in [2.45, 2.75) is 6.61 Å². The second kappa shape index (κ2) is 7.28. The molecular weight excluding hydrogens is 310 g/mol. The third kappa shape index (κ3) is 3.89. The molecule has 0 fully saturated rings. The van der Waals surface area contributed by atoms with Crippen LogP contribution in [0.2, 0.25) is 0 Å². The van der Waals surface area contributed by atoms with Crippen LogP contribution in [0.5, 0.6) is 5.75 Å². The number of carbonyl (C=O) groups is 1. The van der Waals surface area contributed by atoms with E-state index in [4.69, 9.17) is 9.26 Å². The average molecular weight is 325 g/mol. The van der Waals surface area contributed by atoms with Gasteiger partial charge in [0.15, 0.2) is 6.61 Å². The quantitative estimate of drug-likeness (QED) is 0.772. The van der Waals surface area contributed by atoms with Crippen molar-refractivity contribution in [2.75, 3.05) is 12.4 Å². The molecule has 122 valence electrons. The Morgan fingerprint density at radius 3 is 2.58 bits per heavy atom. The summed E-state index contributed by atoms with van der Waals surface area (Å²) in [6.07, 6.45) is -0.524. The molecule has 7 heteroatoms. The number of benzene rings is 2. The van der Waals surface area contributed by atoms with Crippen LogP contribution in [0.1, 0.15) is 5.82 Å². The Hall–Kier alpha value is -3.35. The molecule has 0 spiro atoms. The van der Waals surface area contributed by atoms with Gasteiger partial charge in [0.1, 0.15) is 5.75 Å². The lowest BCUT2D eigenvalue weighted by molar-refractivity contribution is 0.187. The topological polar surface area (TPSA) is 86.5 Å². The number of aromatic nitrogens is 2. The third-order valence-corrected chi connectivity index (χ3v) is 3.14. The summed E-state index contributed by atoms with van der Waals surface area (Å²) in [7, 11) is 1.31. The van der Waals surface area contributed by atoms with Crippen LogP contribution in [-0.4, -0.2) is 23.3 Å². The molecule has 24 heavy (non-hydrogen) atoms. The lowest BCUT2D eigenvalue weighted by Crippen LogP contribution is -2.10. The fourth-order valence-corrected chi connectivity index (χ4v) is 1.96. The predicted molar refractivity (Wildman–Crippen MR) is 86.5 cm³/mol. The highest BCUT2D eigenvalue weighted by Crippen LogP contribution is 2.19. The van der Waals surface area contributed by atoms with Crippen molar-refractivity contribution < 1.29 is 18.8 Å². The summed E-state index contributed by atoms with van der Waals surface area (Å²) in [5, 5.41) is 6.45. The Labute approximate surface area is 138 Å². The van der Waals surface area contributed by atoms with Crippen molar-refractivity contribution in [3.63, 3.8) is 0 Å². The van der Waals surface area contributed by atoms with Gasteiger partial charge >= 0.3 is 6.09 Å². The van der Waals surface area contributed by atoms with Crippen LogP contribution in [-0.2, 0) is 11.3 Å². The molecule has 0 aliphatic rings. The molecule has 3 aromatic rings. The zero-order valence-corrected chi connectivity index (χ0v) is 12.9. The normalized spacial score (nSPS) is 10.2. The van der Waals surface area contributed by atoms with E-state index in [1.807, 2.05) is 30.3 Å². The second-order valence-corrected chi connectivity index (χ2v) is 4.81. The third-order valence-electron chi connectivity index (χ3n) is 3.14. The number of nitrogens with zero attached hydrogens (tertiary/aromatic N) is 2.